The molecular formula is C32H34ClN3O4. The zero-order valence-electron chi connectivity index (χ0n) is 22.9. The number of ether oxygens (including phenoxy) is 3. The second-order valence-corrected chi connectivity index (χ2v) is 10.1. The minimum atomic E-state index is -0.662. The molecular weight excluding hydrogens is 526 g/mol. The monoisotopic (exact) mass is 559 g/mol. The molecule has 5 rings (SSSR count). The molecule has 8 heteroatoms. The van der Waals surface area contributed by atoms with E-state index >= 15 is 0 Å². The summed E-state index contributed by atoms with van der Waals surface area (Å²) in [6.45, 7) is 4.79. The van der Waals surface area contributed by atoms with Crippen molar-refractivity contribution in [3.05, 3.63) is 101 Å². The Morgan fingerprint density at radius 2 is 1.70 bits per heavy atom. The van der Waals surface area contributed by atoms with Crippen LogP contribution >= 0.6 is 11.6 Å². The standard InChI is InChI=1S/C32H34ClN3O4/c1-3-4-17-36-26(30(33)34-31(36)25-13-9-6-10-14-25)22-35(29(32(37)38-2)24-11-7-5-8-12-24)21-23-15-16-27-28(20-23)40-19-18-39-27/h5-16,20,29H,3-4,17-19,21-22H2,1-2H3. The van der Waals surface area contributed by atoms with E-state index in [0.29, 0.717) is 37.2 Å². The molecule has 0 fully saturated rings. The van der Waals surface area contributed by atoms with Crippen LogP contribution in [0.3, 0.4) is 0 Å². The van der Waals surface area contributed by atoms with Crippen molar-refractivity contribution in [2.24, 2.45) is 0 Å². The van der Waals surface area contributed by atoms with Gasteiger partial charge < -0.3 is 18.8 Å². The van der Waals surface area contributed by atoms with Gasteiger partial charge in [0.15, 0.2) is 16.7 Å². The molecule has 7 nitrogen and oxygen atoms in total. The van der Waals surface area contributed by atoms with Crippen molar-refractivity contribution in [3.8, 4) is 22.9 Å². The first-order valence-corrected chi connectivity index (χ1v) is 14.0. The molecule has 0 radical (unpaired) electrons. The summed E-state index contributed by atoms with van der Waals surface area (Å²) >= 11 is 6.87. The van der Waals surface area contributed by atoms with Crippen LogP contribution in [0.2, 0.25) is 5.15 Å². The molecule has 0 spiro atoms. The zero-order valence-corrected chi connectivity index (χ0v) is 23.6. The lowest BCUT2D eigenvalue weighted by atomic mass is 10.0. The number of halogens is 1. The number of aromatic nitrogens is 2. The number of carbonyl (C=O) groups is 1. The van der Waals surface area contributed by atoms with Crippen LogP contribution in [0.1, 0.15) is 42.6 Å². The van der Waals surface area contributed by atoms with E-state index in [9.17, 15) is 4.79 Å². The van der Waals surface area contributed by atoms with Crippen molar-refractivity contribution in [3.63, 3.8) is 0 Å². The second-order valence-electron chi connectivity index (χ2n) is 9.76. The zero-order chi connectivity index (χ0) is 27.9. The SMILES string of the molecule is CCCCn1c(-c2ccccc2)nc(Cl)c1CN(Cc1ccc2c(c1)OCCO2)C(C(=O)OC)c1ccccc1. The number of nitrogens with zero attached hydrogens (tertiary/aromatic N) is 3. The van der Waals surface area contributed by atoms with Crippen LogP contribution in [0.5, 0.6) is 11.5 Å². The number of carbonyl (C=O) groups excluding carboxylic acids is 1. The fourth-order valence-corrected chi connectivity index (χ4v) is 5.31. The van der Waals surface area contributed by atoms with Crippen molar-refractivity contribution in [2.75, 3.05) is 20.3 Å². The van der Waals surface area contributed by atoms with Crippen LogP contribution < -0.4 is 9.47 Å². The van der Waals surface area contributed by atoms with Gasteiger partial charge in [0, 0.05) is 25.2 Å². The summed E-state index contributed by atoms with van der Waals surface area (Å²) < 4.78 is 19.1. The molecule has 1 aromatic heterocycles. The minimum Gasteiger partial charge on any atom is -0.486 e. The van der Waals surface area contributed by atoms with E-state index in [1.807, 2.05) is 78.9 Å². The average Bonchev–Trinajstić information content (AvgIpc) is 3.31. The third-order valence-electron chi connectivity index (χ3n) is 7.04. The Balaban J connectivity index is 1.58. The number of unbranched alkanes of at least 4 members (excludes halogenated alkanes) is 1. The van der Waals surface area contributed by atoms with Crippen molar-refractivity contribution >= 4 is 17.6 Å². The number of fused-ring (bicyclic) bond motifs is 1. The molecule has 0 N–H and O–H groups in total. The van der Waals surface area contributed by atoms with Crippen LogP contribution in [-0.4, -0.2) is 40.7 Å². The van der Waals surface area contributed by atoms with Gasteiger partial charge in [0.05, 0.1) is 12.8 Å². The molecule has 4 aromatic rings. The predicted molar refractivity (Wildman–Crippen MR) is 155 cm³/mol. The lowest BCUT2D eigenvalue weighted by Crippen LogP contribution is -2.35. The number of hydrogen-bond donors (Lipinski definition) is 0. The van der Waals surface area contributed by atoms with E-state index in [4.69, 9.17) is 30.8 Å². The summed E-state index contributed by atoms with van der Waals surface area (Å²) in [5.41, 5.74) is 3.67. The van der Waals surface area contributed by atoms with Crippen LogP contribution in [0.25, 0.3) is 11.4 Å². The van der Waals surface area contributed by atoms with Gasteiger partial charge in [-0.15, -0.1) is 0 Å². The van der Waals surface area contributed by atoms with Crippen LogP contribution in [0.4, 0.5) is 0 Å². The fourth-order valence-electron chi connectivity index (χ4n) is 5.07. The Morgan fingerprint density at radius 1 is 1.00 bits per heavy atom. The minimum absolute atomic E-state index is 0.345. The molecule has 0 bridgehead atoms. The first-order chi connectivity index (χ1) is 19.6. The van der Waals surface area contributed by atoms with Gasteiger partial charge in [-0.3, -0.25) is 4.90 Å². The number of imidazole rings is 1. The summed E-state index contributed by atoms with van der Waals surface area (Å²) in [6.07, 6.45) is 2.00. The normalized spacial score (nSPS) is 13.3. The number of hydrogen-bond acceptors (Lipinski definition) is 6. The molecule has 1 aliphatic heterocycles. The molecule has 3 aromatic carbocycles. The number of benzene rings is 3. The topological polar surface area (TPSA) is 65.8 Å². The molecule has 40 heavy (non-hydrogen) atoms. The Labute approximate surface area is 240 Å². The van der Waals surface area contributed by atoms with Crippen molar-refractivity contribution < 1.29 is 19.0 Å². The van der Waals surface area contributed by atoms with Gasteiger partial charge in [0.1, 0.15) is 25.1 Å². The van der Waals surface area contributed by atoms with Gasteiger partial charge in [-0.2, -0.15) is 0 Å². The Hall–Kier alpha value is -3.81. The first-order valence-electron chi connectivity index (χ1n) is 13.6. The lowest BCUT2D eigenvalue weighted by molar-refractivity contribution is -0.148. The maximum Gasteiger partial charge on any atom is 0.327 e. The average molecular weight is 560 g/mol. The molecule has 1 atom stereocenters. The highest BCUT2D eigenvalue weighted by Gasteiger charge is 2.31. The highest BCUT2D eigenvalue weighted by Crippen LogP contribution is 2.35. The quantitative estimate of drug-likeness (QED) is 0.191. The van der Waals surface area contributed by atoms with E-state index < -0.39 is 6.04 Å². The summed E-state index contributed by atoms with van der Waals surface area (Å²) in [6, 6.07) is 25.0. The first kappa shape index (κ1) is 27.7. The Morgan fingerprint density at radius 3 is 2.40 bits per heavy atom. The van der Waals surface area contributed by atoms with Crippen molar-refractivity contribution in [2.45, 2.75) is 45.4 Å². The van der Waals surface area contributed by atoms with E-state index in [0.717, 1.165) is 53.3 Å². The van der Waals surface area contributed by atoms with Crippen molar-refractivity contribution in [1.29, 1.82) is 0 Å². The van der Waals surface area contributed by atoms with E-state index in [1.54, 1.807) is 0 Å². The second kappa shape index (κ2) is 13.0. The van der Waals surface area contributed by atoms with Gasteiger partial charge in [-0.1, -0.05) is 91.7 Å². The van der Waals surface area contributed by atoms with E-state index in [1.165, 1.54) is 7.11 Å². The van der Waals surface area contributed by atoms with E-state index in [2.05, 4.69) is 16.4 Å². The van der Waals surface area contributed by atoms with Crippen molar-refractivity contribution in [1.82, 2.24) is 14.5 Å². The lowest BCUT2D eigenvalue weighted by Gasteiger charge is -2.31. The van der Waals surface area contributed by atoms with Gasteiger partial charge in [0.25, 0.3) is 0 Å². The number of rotatable bonds is 11. The smallest absolute Gasteiger partial charge is 0.327 e. The molecule has 208 valence electrons. The van der Waals surface area contributed by atoms with Crippen LogP contribution in [-0.2, 0) is 29.2 Å². The maximum absolute atomic E-state index is 13.4. The van der Waals surface area contributed by atoms with E-state index in [-0.39, 0.29) is 5.97 Å². The third kappa shape index (κ3) is 6.16. The van der Waals surface area contributed by atoms with Gasteiger partial charge in [-0.25, -0.2) is 9.78 Å². The maximum atomic E-state index is 13.4. The molecule has 0 aliphatic carbocycles. The highest BCUT2D eigenvalue weighted by atomic mass is 35.5. The Kier molecular flexibility index (Phi) is 9.04. The molecule has 1 unspecified atom stereocenters. The predicted octanol–water partition coefficient (Wildman–Crippen LogP) is 6.69. The molecule has 1 aliphatic rings. The molecule has 0 amide bonds. The van der Waals surface area contributed by atoms with Gasteiger partial charge in [0.2, 0.25) is 0 Å². The summed E-state index contributed by atoms with van der Waals surface area (Å²) in [5, 5.41) is 0.429. The van der Waals surface area contributed by atoms with Gasteiger partial charge in [-0.05, 0) is 29.7 Å². The summed E-state index contributed by atoms with van der Waals surface area (Å²) in [4.78, 5) is 20.3. The highest BCUT2D eigenvalue weighted by molar-refractivity contribution is 6.30. The largest absolute Gasteiger partial charge is 0.486 e. The summed E-state index contributed by atoms with van der Waals surface area (Å²) in [7, 11) is 1.42. The molecule has 2 heterocycles. The van der Waals surface area contributed by atoms with Gasteiger partial charge >= 0.3 is 5.97 Å². The fraction of sp³-hybridized carbons (Fsp3) is 0.312. The Bertz CT molecular complexity index is 1430. The molecule has 0 saturated heterocycles. The molecule has 0 saturated carbocycles. The van der Waals surface area contributed by atoms with Crippen LogP contribution in [0, 0.1) is 0 Å². The number of esters is 1. The number of methoxy groups -OCH3 is 1. The van der Waals surface area contributed by atoms with Crippen LogP contribution in [0.15, 0.2) is 78.9 Å². The summed E-state index contributed by atoms with van der Waals surface area (Å²) in [5.74, 6) is 1.91. The third-order valence-corrected chi connectivity index (χ3v) is 7.34.